The number of benzene rings is 1. The number of ether oxygens (including phenoxy) is 2. The van der Waals surface area contributed by atoms with Crippen molar-refractivity contribution in [1.82, 2.24) is 9.78 Å². The molecule has 1 aromatic heterocycles. The maximum absolute atomic E-state index is 12.0. The number of aromatic nitrogens is 2. The Morgan fingerprint density at radius 1 is 1.19 bits per heavy atom. The summed E-state index contributed by atoms with van der Waals surface area (Å²) in [6.07, 6.45) is 6.09. The number of hydrogen-bond donors (Lipinski definition) is 1. The Bertz CT molecular complexity index is 771. The lowest BCUT2D eigenvalue weighted by Gasteiger charge is -2.14. The molecule has 0 radical (unpaired) electrons. The smallest absolute Gasteiger partial charge is 0.344 e. The van der Waals surface area contributed by atoms with Crippen molar-refractivity contribution in [1.29, 1.82) is 0 Å². The molecule has 138 valence electrons. The molecular formula is C18H20ClN3O4. The second kappa shape index (κ2) is 8.71. The zero-order valence-corrected chi connectivity index (χ0v) is 14.9. The fourth-order valence-electron chi connectivity index (χ4n) is 2.92. The van der Waals surface area contributed by atoms with E-state index in [-0.39, 0.29) is 13.2 Å². The summed E-state index contributed by atoms with van der Waals surface area (Å²) in [6, 6.07) is 8.85. The second-order valence-electron chi connectivity index (χ2n) is 6.03. The molecule has 1 N–H and O–H groups in total. The molecular weight excluding hydrogens is 358 g/mol. The van der Waals surface area contributed by atoms with E-state index in [0.29, 0.717) is 22.6 Å². The quantitative estimate of drug-likeness (QED) is 0.749. The number of rotatable bonds is 7. The lowest BCUT2D eigenvalue weighted by Crippen LogP contribution is -2.25. The summed E-state index contributed by atoms with van der Waals surface area (Å²) in [5, 5.41) is 7.41. The van der Waals surface area contributed by atoms with E-state index >= 15 is 0 Å². The van der Waals surface area contributed by atoms with Crippen LogP contribution in [-0.2, 0) is 14.3 Å². The van der Waals surface area contributed by atoms with E-state index < -0.39 is 11.9 Å². The minimum Gasteiger partial charge on any atom is -0.480 e. The average molecular weight is 378 g/mol. The van der Waals surface area contributed by atoms with Crippen LogP contribution in [0.25, 0.3) is 0 Å². The zero-order chi connectivity index (χ0) is 18.4. The molecule has 2 aromatic rings. The van der Waals surface area contributed by atoms with Gasteiger partial charge in [-0.3, -0.25) is 4.79 Å². The van der Waals surface area contributed by atoms with Gasteiger partial charge in [-0.1, -0.05) is 36.6 Å². The monoisotopic (exact) mass is 377 g/mol. The van der Waals surface area contributed by atoms with E-state index in [2.05, 4.69) is 10.4 Å². The van der Waals surface area contributed by atoms with Crippen LogP contribution in [0.5, 0.6) is 5.75 Å². The van der Waals surface area contributed by atoms with Gasteiger partial charge in [-0.05, 0) is 25.0 Å². The Labute approximate surface area is 156 Å². The molecule has 7 nitrogen and oxygen atoms in total. The van der Waals surface area contributed by atoms with Gasteiger partial charge in [0.25, 0.3) is 5.91 Å². The predicted octanol–water partition coefficient (Wildman–Crippen LogP) is 3.21. The SMILES string of the molecule is O=C(COC(=O)COc1ccccc1Cl)Nc1ccnn1C1CCCC1. The topological polar surface area (TPSA) is 82.5 Å². The van der Waals surface area contributed by atoms with E-state index in [0.717, 1.165) is 12.8 Å². The number of nitrogens with one attached hydrogen (secondary N) is 1. The lowest BCUT2D eigenvalue weighted by atomic mass is 10.2. The Hall–Kier alpha value is -2.54. The Kier molecular flexibility index (Phi) is 6.12. The largest absolute Gasteiger partial charge is 0.480 e. The van der Waals surface area contributed by atoms with Gasteiger partial charge in [0, 0.05) is 6.07 Å². The first-order chi connectivity index (χ1) is 12.6. The molecule has 1 aliphatic carbocycles. The third-order valence-corrected chi connectivity index (χ3v) is 4.47. The van der Waals surface area contributed by atoms with Gasteiger partial charge in [-0.15, -0.1) is 0 Å². The van der Waals surface area contributed by atoms with Gasteiger partial charge in [0.15, 0.2) is 13.2 Å². The van der Waals surface area contributed by atoms with Gasteiger partial charge >= 0.3 is 5.97 Å². The molecule has 1 aromatic carbocycles. The van der Waals surface area contributed by atoms with Crippen LogP contribution in [0.1, 0.15) is 31.7 Å². The third kappa shape index (κ3) is 4.76. The van der Waals surface area contributed by atoms with E-state index in [4.69, 9.17) is 21.1 Å². The second-order valence-corrected chi connectivity index (χ2v) is 6.43. The molecule has 0 atom stereocenters. The summed E-state index contributed by atoms with van der Waals surface area (Å²) in [7, 11) is 0. The van der Waals surface area contributed by atoms with Crippen molar-refractivity contribution in [3.63, 3.8) is 0 Å². The fraction of sp³-hybridized carbons (Fsp3) is 0.389. The summed E-state index contributed by atoms with van der Waals surface area (Å²) >= 11 is 5.93. The highest BCUT2D eigenvalue weighted by Crippen LogP contribution is 2.31. The summed E-state index contributed by atoms with van der Waals surface area (Å²) < 4.78 is 12.0. The number of carbonyl (C=O) groups excluding carboxylic acids is 2. The predicted molar refractivity (Wildman–Crippen MR) is 96.3 cm³/mol. The minimum absolute atomic E-state index is 0.312. The number of hydrogen-bond acceptors (Lipinski definition) is 5. The number of carbonyl (C=O) groups is 2. The Morgan fingerprint density at radius 3 is 2.73 bits per heavy atom. The van der Waals surface area contributed by atoms with E-state index in [1.807, 2.05) is 4.68 Å². The van der Waals surface area contributed by atoms with Crippen molar-refractivity contribution in [2.75, 3.05) is 18.5 Å². The van der Waals surface area contributed by atoms with Gasteiger partial charge < -0.3 is 14.8 Å². The van der Waals surface area contributed by atoms with Crippen LogP contribution in [0.3, 0.4) is 0 Å². The highest BCUT2D eigenvalue weighted by atomic mass is 35.5. The molecule has 1 amide bonds. The van der Waals surface area contributed by atoms with Crippen LogP contribution in [0.4, 0.5) is 5.82 Å². The molecule has 0 aliphatic heterocycles. The van der Waals surface area contributed by atoms with Gasteiger partial charge in [0.05, 0.1) is 17.3 Å². The summed E-state index contributed by atoms with van der Waals surface area (Å²) in [4.78, 5) is 23.7. The van der Waals surface area contributed by atoms with Crippen LogP contribution in [-0.4, -0.2) is 34.9 Å². The van der Waals surface area contributed by atoms with Crippen molar-refractivity contribution < 1.29 is 19.1 Å². The first-order valence-electron chi connectivity index (χ1n) is 8.50. The van der Waals surface area contributed by atoms with Crippen molar-refractivity contribution in [3.05, 3.63) is 41.6 Å². The summed E-state index contributed by atoms with van der Waals surface area (Å²) in [5.41, 5.74) is 0. The number of anilines is 1. The molecule has 3 rings (SSSR count). The van der Waals surface area contributed by atoms with E-state index in [9.17, 15) is 9.59 Å². The molecule has 1 saturated carbocycles. The van der Waals surface area contributed by atoms with Crippen LogP contribution >= 0.6 is 11.6 Å². The standard InChI is InChI=1S/C18H20ClN3O4/c19-14-7-3-4-8-15(14)25-12-18(24)26-11-17(23)21-16-9-10-20-22(16)13-5-1-2-6-13/h3-4,7-10,13H,1-2,5-6,11-12H2,(H,21,23). The number of halogens is 1. The summed E-state index contributed by atoms with van der Waals surface area (Å²) in [5.74, 6) is -0.0680. The van der Waals surface area contributed by atoms with Crippen LogP contribution in [0.15, 0.2) is 36.5 Å². The van der Waals surface area contributed by atoms with Gasteiger partial charge in [-0.2, -0.15) is 5.10 Å². The average Bonchev–Trinajstić information content (AvgIpc) is 3.30. The molecule has 0 bridgehead atoms. The molecule has 0 saturated heterocycles. The molecule has 1 fully saturated rings. The fourth-order valence-corrected chi connectivity index (χ4v) is 3.11. The molecule has 1 heterocycles. The lowest BCUT2D eigenvalue weighted by molar-refractivity contribution is -0.149. The first-order valence-corrected chi connectivity index (χ1v) is 8.87. The van der Waals surface area contributed by atoms with Crippen molar-refractivity contribution >= 4 is 29.3 Å². The zero-order valence-electron chi connectivity index (χ0n) is 14.2. The highest BCUT2D eigenvalue weighted by Gasteiger charge is 2.20. The molecule has 1 aliphatic rings. The van der Waals surface area contributed by atoms with Crippen molar-refractivity contribution in [2.45, 2.75) is 31.7 Å². The number of amides is 1. The number of para-hydroxylation sites is 1. The third-order valence-electron chi connectivity index (χ3n) is 4.15. The Balaban J connectivity index is 1.43. The first kappa shape index (κ1) is 18.3. The van der Waals surface area contributed by atoms with Crippen LogP contribution in [0.2, 0.25) is 5.02 Å². The minimum atomic E-state index is -0.649. The molecule has 0 spiro atoms. The van der Waals surface area contributed by atoms with Gasteiger partial charge in [-0.25, -0.2) is 9.48 Å². The van der Waals surface area contributed by atoms with Crippen LogP contribution in [0, 0.1) is 0 Å². The maximum Gasteiger partial charge on any atom is 0.344 e. The number of esters is 1. The maximum atomic E-state index is 12.0. The van der Waals surface area contributed by atoms with Gasteiger partial charge in [0.2, 0.25) is 0 Å². The summed E-state index contributed by atoms with van der Waals surface area (Å²) in [6.45, 7) is -0.711. The Morgan fingerprint density at radius 2 is 1.96 bits per heavy atom. The normalized spacial score (nSPS) is 14.2. The molecule has 0 unspecified atom stereocenters. The molecule has 26 heavy (non-hydrogen) atoms. The van der Waals surface area contributed by atoms with Crippen molar-refractivity contribution in [3.8, 4) is 5.75 Å². The van der Waals surface area contributed by atoms with E-state index in [1.165, 1.54) is 12.8 Å². The number of nitrogens with zero attached hydrogens (tertiary/aromatic N) is 2. The highest BCUT2D eigenvalue weighted by molar-refractivity contribution is 6.32. The van der Waals surface area contributed by atoms with E-state index in [1.54, 1.807) is 36.5 Å². The molecule has 8 heteroatoms. The van der Waals surface area contributed by atoms with Crippen LogP contribution < -0.4 is 10.1 Å². The van der Waals surface area contributed by atoms with Crippen molar-refractivity contribution in [2.24, 2.45) is 0 Å². The van der Waals surface area contributed by atoms with Gasteiger partial charge in [0.1, 0.15) is 11.6 Å².